The van der Waals surface area contributed by atoms with Crippen molar-refractivity contribution in [3.05, 3.63) is 13.8 Å². The molecule has 2 unspecified atom stereocenters. The molecule has 0 aliphatic rings. The van der Waals surface area contributed by atoms with Crippen LogP contribution in [0.15, 0.2) is 0 Å². The average molecular weight is 140 g/mol. The van der Waals surface area contributed by atoms with Crippen molar-refractivity contribution in [1.29, 1.82) is 0 Å². The lowest BCUT2D eigenvalue weighted by Crippen LogP contribution is -2.03. The summed E-state index contributed by atoms with van der Waals surface area (Å²) in [6.07, 6.45) is 4.73. The highest BCUT2D eigenvalue weighted by molar-refractivity contribution is 4.63. The van der Waals surface area contributed by atoms with Crippen LogP contribution in [-0.4, -0.2) is 0 Å². The first-order chi connectivity index (χ1) is 4.74. The Labute approximate surface area is 66.0 Å². The number of rotatable bonds is 5. The van der Waals surface area contributed by atoms with E-state index in [9.17, 15) is 0 Å². The lowest BCUT2D eigenvalue weighted by molar-refractivity contribution is 0.383. The molecule has 0 saturated carbocycles. The highest BCUT2D eigenvalue weighted by Crippen LogP contribution is 2.19. The molecule has 0 aromatic heterocycles. The summed E-state index contributed by atoms with van der Waals surface area (Å²) < 4.78 is 0. The van der Waals surface area contributed by atoms with E-state index in [0.29, 0.717) is 0 Å². The summed E-state index contributed by atoms with van der Waals surface area (Å²) >= 11 is 0. The Morgan fingerprint density at radius 3 is 2.10 bits per heavy atom. The van der Waals surface area contributed by atoms with Crippen molar-refractivity contribution < 1.29 is 0 Å². The normalized spacial score (nSPS) is 14.1. The first-order valence-corrected chi connectivity index (χ1v) is 4.33. The molecule has 0 amide bonds. The van der Waals surface area contributed by atoms with E-state index in [4.69, 9.17) is 0 Å². The van der Waals surface area contributed by atoms with Gasteiger partial charge in [0.1, 0.15) is 0 Å². The summed E-state index contributed by atoms with van der Waals surface area (Å²) in [4.78, 5) is 0. The molecular weight excluding hydrogens is 120 g/mol. The molecule has 0 bridgehead atoms. The molecule has 0 aliphatic carbocycles. The molecule has 0 heteroatoms. The lowest BCUT2D eigenvalue weighted by atomic mass is 9.90. The van der Waals surface area contributed by atoms with Crippen LogP contribution in [0.4, 0.5) is 0 Å². The minimum atomic E-state index is 0.784. The second-order valence-electron chi connectivity index (χ2n) is 3.19. The molecule has 0 rings (SSSR count). The maximum absolute atomic E-state index is 3.92. The van der Waals surface area contributed by atoms with Crippen LogP contribution in [0.3, 0.4) is 0 Å². The van der Waals surface area contributed by atoms with Crippen LogP contribution in [0.1, 0.15) is 39.5 Å². The van der Waals surface area contributed by atoms with Gasteiger partial charge in [0.05, 0.1) is 0 Å². The van der Waals surface area contributed by atoms with Gasteiger partial charge < -0.3 is 0 Å². The Balaban J connectivity index is 3.41. The fourth-order valence-electron chi connectivity index (χ4n) is 1.18. The molecule has 60 valence electrons. The number of hydrogen-bond acceptors (Lipinski definition) is 0. The van der Waals surface area contributed by atoms with Crippen molar-refractivity contribution in [3.8, 4) is 0 Å². The van der Waals surface area contributed by atoms with Crippen molar-refractivity contribution in [2.75, 3.05) is 0 Å². The molecule has 0 fully saturated rings. The van der Waals surface area contributed by atoms with Gasteiger partial charge in [0.2, 0.25) is 0 Å². The zero-order valence-electron chi connectivity index (χ0n) is 7.40. The Kier molecular flexibility index (Phi) is 5.76. The second kappa shape index (κ2) is 5.76. The molecule has 0 spiro atoms. The van der Waals surface area contributed by atoms with Gasteiger partial charge in [-0.1, -0.05) is 47.0 Å². The van der Waals surface area contributed by atoms with Crippen LogP contribution in [0, 0.1) is 25.7 Å². The quantitative estimate of drug-likeness (QED) is 0.548. The topological polar surface area (TPSA) is 0 Å². The molecule has 2 radical (unpaired) electrons. The third-order valence-corrected chi connectivity index (χ3v) is 2.21. The minimum absolute atomic E-state index is 0.784. The van der Waals surface area contributed by atoms with E-state index in [1.165, 1.54) is 12.8 Å². The fraction of sp³-hybridized carbons (Fsp3) is 0.800. The predicted octanol–water partition coefficient (Wildman–Crippen LogP) is 3.49. The highest BCUT2D eigenvalue weighted by atomic mass is 14.1. The van der Waals surface area contributed by atoms with E-state index in [-0.39, 0.29) is 0 Å². The van der Waals surface area contributed by atoms with Gasteiger partial charge in [0.25, 0.3) is 0 Å². The van der Waals surface area contributed by atoms with E-state index in [1.807, 2.05) is 0 Å². The molecule has 0 saturated heterocycles. The van der Waals surface area contributed by atoms with Crippen LogP contribution in [0.25, 0.3) is 0 Å². The number of hydrogen-bond donors (Lipinski definition) is 0. The molecule has 0 aromatic carbocycles. The van der Waals surface area contributed by atoms with E-state index in [0.717, 1.165) is 24.7 Å². The Morgan fingerprint density at radius 1 is 1.20 bits per heavy atom. The van der Waals surface area contributed by atoms with Crippen molar-refractivity contribution in [1.82, 2.24) is 0 Å². The molecule has 2 atom stereocenters. The van der Waals surface area contributed by atoms with Gasteiger partial charge >= 0.3 is 0 Å². The molecule has 0 heterocycles. The third kappa shape index (κ3) is 3.92. The van der Waals surface area contributed by atoms with Gasteiger partial charge in [-0.2, -0.15) is 0 Å². The second-order valence-corrected chi connectivity index (χ2v) is 3.19. The van der Waals surface area contributed by atoms with Crippen molar-refractivity contribution >= 4 is 0 Å². The molecule has 0 aliphatic heterocycles. The van der Waals surface area contributed by atoms with Gasteiger partial charge in [0, 0.05) is 0 Å². The standard InChI is InChI=1S/C10H20/c1-5-9(4)8-10(6-2)7-3/h9-10H,1-2,5-8H2,3-4H3. The van der Waals surface area contributed by atoms with Crippen molar-refractivity contribution in [3.63, 3.8) is 0 Å². The monoisotopic (exact) mass is 140 g/mol. The Morgan fingerprint density at radius 2 is 1.80 bits per heavy atom. The van der Waals surface area contributed by atoms with Gasteiger partial charge in [-0.05, 0) is 18.3 Å². The van der Waals surface area contributed by atoms with Crippen LogP contribution in [-0.2, 0) is 0 Å². The summed E-state index contributed by atoms with van der Waals surface area (Å²) in [5.74, 6) is 1.61. The SMILES string of the molecule is [CH2]CC(C)CC(C[CH2])CC. The summed E-state index contributed by atoms with van der Waals surface area (Å²) in [5, 5.41) is 0. The average Bonchev–Trinajstić information content (AvgIpc) is 1.99. The van der Waals surface area contributed by atoms with Gasteiger partial charge in [-0.3, -0.25) is 0 Å². The Hall–Kier alpha value is 0. The minimum Gasteiger partial charge on any atom is -0.0651 e. The first kappa shape index (κ1) is 10.0. The maximum atomic E-state index is 3.92. The fourth-order valence-corrected chi connectivity index (χ4v) is 1.18. The van der Waals surface area contributed by atoms with Gasteiger partial charge in [-0.25, -0.2) is 0 Å². The van der Waals surface area contributed by atoms with E-state index < -0.39 is 0 Å². The molecular formula is C10H20. The Bertz CT molecular complexity index is 62.4. The first-order valence-electron chi connectivity index (χ1n) is 4.33. The summed E-state index contributed by atoms with van der Waals surface area (Å²) in [7, 11) is 0. The lowest BCUT2D eigenvalue weighted by Gasteiger charge is -2.16. The smallest absolute Gasteiger partial charge is 0.0414 e. The molecule has 0 N–H and O–H groups in total. The predicted molar refractivity (Wildman–Crippen MR) is 47.5 cm³/mol. The largest absolute Gasteiger partial charge is 0.0651 e. The third-order valence-electron chi connectivity index (χ3n) is 2.21. The van der Waals surface area contributed by atoms with E-state index in [1.54, 1.807) is 0 Å². The van der Waals surface area contributed by atoms with Gasteiger partial charge in [0.15, 0.2) is 0 Å². The van der Waals surface area contributed by atoms with Crippen molar-refractivity contribution in [2.45, 2.75) is 39.5 Å². The van der Waals surface area contributed by atoms with Gasteiger partial charge in [-0.15, -0.1) is 0 Å². The highest BCUT2D eigenvalue weighted by Gasteiger charge is 2.07. The molecule has 10 heavy (non-hydrogen) atoms. The van der Waals surface area contributed by atoms with Crippen LogP contribution in [0.2, 0.25) is 0 Å². The van der Waals surface area contributed by atoms with Crippen molar-refractivity contribution in [2.24, 2.45) is 11.8 Å². The van der Waals surface area contributed by atoms with Crippen LogP contribution >= 0.6 is 0 Å². The summed E-state index contributed by atoms with van der Waals surface area (Å²) in [5.41, 5.74) is 0. The molecule has 0 nitrogen and oxygen atoms in total. The van der Waals surface area contributed by atoms with Crippen LogP contribution in [0.5, 0.6) is 0 Å². The van der Waals surface area contributed by atoms with E-state index >= 15 is 0 Å². The summed E-state index contributed by atoms with van der Waals surface area (Å²) in [6.45, 7) is 12.3. The maximum Gasteiger partial charge on any atom is -0.0414 e. The summed E-state index contributed by atoms with van der Waals surface area (Å²) in [6, 6.07) is 0. The van der Waals surface area contributed by atoms with Crippen LogP contribution < -0.4 is 0 Å². The zero-order valence-corrected chi connectivity index (χ0v) is 7.40. The zero-order chi connectivity index (χ0) is 7.98. The molecule has 0 aromatic rings. The van der Waals surface area contributed by atoms with E-state index in [2.05, 4.69) is 27.7 Å².